The van der Waals surface area contributed by atoms with E-state index < -0.39 is 0 Å². The number of hydrogen-bond acceptors (Lipinski definition) is 2. The number of oxazole rings is 1. The minimum Gasteiger partial charge on any atom is -0.436 e. The topological polar surface area (TPSA) is 26.0 Å². The molecule has 3 aromatic carbocycles. The van der Waals surface area contributed by atoms with Crippen molar-refractivity contribution >= 4 is 15.9 Å². The molecule has 1 aromatic heterocycles. The number of benzene rings is 3. The predicted molar refractivity (Wildman–Crippen MR) is 101 cm³/mol. The van der Waals surface area contributed by atoms with Crippen LogP contribution in [0.25, 0.3) is 33.9 Å². The first-order valence-corrected chi connectivity index (χ1v) is 8.47. The molecule has 0 bridgehead atoms. The van der Waals surface area contributed by atoms with Gasteiger partial charge in [0.2, 0.25) is 5.89 Å². The molecule has 0 unspecified atom stereocenters. The maximum absolute atomic E-state index is 5.94. The van der Waals surface area contributed by atoms with Gasteiger partial charge in [0.25, 0.3) is 0 Å². The predicted octanol–water partition coefficient (Wildman–Crippen LogP) is 6.44. The lowest BCUT2D eigenvalue weighted by Gasteiger charge is -2.03. The summed E-state index contributed by atoms with van der Waals surface area (Å²) in [5, 5.41) is 0. The van der Waals surface area contributed by atoms with Gasteiger partial charge in [0.15, 0.2) is 5.76 Å². The van der Waals surface area contributed by atoms with Crippen LogP contribution in [-0.4, -0.2) is 4.98 Å². The van der Waals surface area contributed by atoms with Gasteiger partial charge in [-0.05, 0) is 39.2 Å². The molecule has 0 radical (unpaired) electrons. The minimum atomic E-state index is 0.615. The summed E-state index contributed by atoms with van der Waals surface area (Å²) in [6, 6.07) is 26.6. The summed E-state index contributed by atoms with van der Waals surface area (Å²) in [4.78, 5) is 4.41. The van der Waals surface area contributed by atoms with E-state index in [1.807, 2.05) is 42.5 Å². The van der Waals surface area contributed by atoms with Crippen LogP contribution in [0.2, 0.25) is 0 Å². The molecule has 0 aliphatic carbocycles. The van der Waals surface area contributed by atoms with Gasteiger partial charge in [-0.25, -0.2) is 4.98 Å². The minimum absolute atomic E-state index is 0.615. The molecule has 0 saturated carbocycles. The van der Waals surface area contributed by atoms with Crippen LogP contribution >= 0.6 is 15.9 Å². The van der Waals surface area contributed by atoms with Gasteiger partial charge in [0.05, 0.1) is 11.8 Å². The van der Waals surface area contributed by atoms with Gasteiger partial charge >= 0.3 is 0 Å². The third kappa shape index (κ3) is 2.91. The van der Waals surface area contributed by atoms with Crippen molar-refractivity contribution in [1.29, 1.82) is 0 Å². The van der Waals surface area contributed by atoms with Crippen LogP contribution in [0.1, 0.15) is 0 Å². The first-order valence-electron chi connectivity index (χ1n) is 7.68. The summed E-state index contributed by atoms with van der Waals surface area (Å²) in [5.74, 6) is 1.38. The zero-order valence-electron chi connectivity index (χ0n) is 12.8. The second-order valence-corrected chi connectivity index (χ2v) is 6.31. The van der Waals surface area contributed by atoms with Crippen LogP contribution < -0.4 is 0 Å². The van der Waals surface area contributed by atoms with E-state index in [9.17, 15) is 0 Å². The van der Waals surface area contributed by atoms with Crippen molar-refractivity contribution in [3.05, 3.63) is 89.5 Å². The molecule has 0 amide bonds. The highest BCUT2D eigenvalue weighted by atomic mass is 79.9. The van der Waals surface area contributed by atoms with E-state index in [0.29, 0.717) is 5.89 Å². The second-order valence-electron chi connectivity index (χ2n) is 5.45. The molecule has 0 saturated heterocycles. The largest absolute Gasteiger partial charge is 0.436 e. The molecule has 0 aliphatic heterocycles. The fourth-order valence-corrected chi connectivity index (χ4v) is 3.08. The average Bonchev–Trinajstić information content (AvgIpc) is 3.13. The van der Waals surface area contributed by atoms with E-state index in [1.54, 1.807) is 6.20 Å². The van der Waals surface area contributed by atoms with E-state index in [2.05, 4.69) is 57.3 Å². The van der Waals surface area contributed by atoms with E-state index in [-0.39, 0.29) is 0 Å². The van der Waals surface area contributed by atoms with Crippen LogP contribution in [-0.2, 0) is 0 Å². The summed E-state index contributed by atoms with van der Waals surface area (Å²) in [5.41, 5.74) is 4.35. The van der Waals surface area contributed by atoms with Gasteiger partial charge in [-0.1, -0.05) is 66.7 Å². The normalized spacial score (nSPS) is 10.7. The van der Waals surface area contributed by atoms with Crippen LogP contribution in [0.5, 0.6) is 0 Å². The lowest BCUT2D eigenvalue weighted by molar-refractivity contribution is 0.588. The Hall–Kier alpha value is -2.65. The maximum atomic E-state index is 5.94. The van der Waals surface area contributed by atoms with Crippen LogP contribution in [0.4, 0.5) is 0 Å². The van der Waals surface area contributed by atoms with E-state index in [4.69, 9.17) is 4.42 Å². The summed E-state index contributed by atoms with van der Waals surface area (Å²) in [6.45, 7) is 0. The highest BCUT2D eigenvalue weighted by Crippen LogP contribution is 2.31. The standard InChI is InChI=1S/C21H14BrNO/c22-19-9-5-4-8-18(19)21-23-14-20(24-21)17-12-10-16(11-13-17)15-6-2-1-3-7-15/h1-14H. The highest BCUT2D eigenvalue weighted by Gasteiger charge is 2.11. The molecular formula is C21H14BrNO. The lowest BCUT2D eigenvalue weighted by atomic mass is 10.0. The Bertz CT molecular complexity index is 959. The molecule has 4 aromatic rings. The van der Waals surface area contributed by atoms with Crippen molar-refractivity contribution < 1.29 is 4.42 Å². The van der Waals surface area contributed by atoms with Crippen LogP contribution in [0.15, 0.2) is 93.9 Å². The van der Waals surface area contributed by atoms with Crippen molar-refractivity contribution in [3.8, 4) is 33.9 Å². The molecule has 3 heteroatoms. The van der Waals surface area contributed by atoms with Gasteiger partial charge in [0, 0.05) is 10.0 Å². The Labute approximate surface area is 148 Å². The molecule has 0 spiro atoms. The molecule has 24 heavy (non-hydrogen) atoms. The number of hydrogen-bond donors (Lipinski definition) is 0. The Morgan fingerprint density at radius 3 is 2.04 bits per heavy atom. The molecular weight excluding hydrogens is 362 g/mol. The number of halogens is 1. The zero-order valence-corrected chi connectivity index (χ0v) is 14.4. The summed E-state index contributed by atoms with van der Waals surface area (Å²) in [7, 11) is 0. The fourth-order valence-electron chi connectivity index (χ4n) is 2.62. The van der Waals surface area contributed by atoms with E-state index in [1.165, 1.54) is 11.1 Å². The quantitative estimate of drug-likeness (QED) is 0.411. The van der Waals surface area contributed by atoms with Gasteiger partial charge < -0.3 is 4.42 Å². The van der Waals surface area contributed by atoms with Gasteiger partial charge in [0.1, 0.15) is 0 Å². The first kappa shape index (κ1) is 14.9. The number of aromatic nitrogens is 1. The number of rotatable bonds is 3. The maximum Gasteiger partial charge on any atom is 0.227 e. The molecule has 0 fully saturated rings. The van der Waals surface area contributed by atoms with E-state index in [0.717, 1.165) is 21.4 Å². The molecule has 0 atom stereocenters. The van der Waals surface area contributed by atoms with Gasteiger partial charge in [-0.3, -0.25) is 0 Å². The Kier molecular flexibility index (Phi) is 4.01. The summed E-state index contributed by atoms with van der Waals surface area (Å²) < 4.78 is 6.91. The van der Waals surface area contributed by atoms with Gasteiger partial charge in [-0.15, -0.1) is 0 Å². The average molecular weight is 376 g/mol. The zero-order chi connectivity index (χ0) is 16.4. The van der Waals surface area contributed by atoms with Gasteiger partial charge in [-0.2, -0.15) is 0 Å². The third-order valence-corrected chi connectivity index (χ3v) is 4.58. The number of nitrogens with zero attached hydrogens (tertiary/aromatic N) is 1. The summed E-state index contributed by atoms with van der Waals surface area (Å²) >= 11 is 3.53. The van der Waals surface area contributed by atoms with Crippen molar-refractivity contribution in [3.63, 3.8) is 0 Å². The highest BCUT2D eigenvalue weighted by molar-refractivity contribution is 9.10. The molecule has 116 valence electrons. The Morgan fingerprint density at radius 1 is 0.667 bits per heavy atom. The molecule has 0 aliphatic rings. The van der Waals surface area contributed by atoms with Crippen molar-refractivity contribution in [2.24, 2.45) is 0 Å². The lowest BCUT2D eigenvalue weighted by Crippen LogP contribution is -1.79. The second kappa shape index (κ2) is 6.46. The van der Waals surface area contributed by atoms with Crippen molar-refractivity contribution in [2.75, 3.05) is 0 Å². The first-order chi connectivity index (χ1) is 11.8. The SMILES string of the molecule is Brc1ccccc1-c1ncc(-c2ccc(-c3ccccc3)cc2)o1. The van der Waals surface area contributed by atoms with Crippen molar-refractivity contribution in [1.82, 2.24) is 4.98 Å². The van der Waals surface area contributed by atoms with Crippen LogP contribution in [0, 0.1) is 0 Å². The molecule has 1 heterocycles. The van der Waals surface area contributed by atoms with E-state index >= 15 is 0 Å². The third-order valence-electron chi connectivity index (χ3n) is 3.89. The summed E-state index contributed by atoms with van der Waals surface area (Å²) in [6.07, 6.45) is 1.77. The Morgan fingerprint density at radius 2 is 1.29 bits per heavy atom. The fraction of sp³-hybridized carbons (Fsp3) is 0. The monoisotopic (exact) mass is 375 g/mol. The molecule has 4 rings (SSSR count). The Balaban J connectivity index is 1.65. The smallest absolute Gasteiger partial charge is 0.227 e. The molecule has 0 N–H and O–H groups in total. The van der Waals surface area contributed by atoms with Crippen LogP contribution in [0.3, 0.4) is 0 Å². The van der Waals surface area contributed by atoms with Crippen molar-refractivity contribution in [2.45, 2.75) is 0 Å². The molecule has 2 nitrogen and oxygen atoms in total.